The number of aryl methyl sites for hydroxylation is 1. The second-order valence-electron chi connectivity index (χ2n) is 4.01. The first kappa shape index (κ1) is 11.7. The summed E-state index contributed by atoms with van der Waals surface area (Å²) in [5.74, 6) is 3.08. The summed E-state index contributed by atoms with van der Waals surface area (Å²) < 4.78 is 0. The molecule has 1 rings (SSSR count). The Bertz CT molecular complexity index is 350. The molecule has 2 nitrogen and oxygen atoms in total. The molecule has 0 spiro atoms. The second kappa shape index (κ2) is 5.53. The van der Waals surface area contributed by atoms with Crippen LogP contribution in [0.4, 0.5) is 0 Å². The van der Waals surface area contributed by atoms with E-state index in [2.05, 4.69) is 43.1 Å². The molecule has 0 radical (unpaired) electrons. The predicted molar refractivity (Wildman–Crippen MR) is 63.4 cm³/mol. The van der Waals surface area contributed by atoms with Gasteiger partial charge in [0.1, 0.15) is 0 Å². The van der Waals surface area contributed by atoms with E-state index in [0.29, 0.717) is 12.5 Å². The molecule has 1 aromatic rings. The minimum atomic E-state index is 0.238. The fourth-order valence-corrected chi connectivity index (χ4v) is 1.64. The van der Waals surface area contributed by atoms with Crippen molar-refractivity contribution in [2.75, 3.05) is 6.54 Å². The molecule has 0 unspecified atom stereocenters. The lowest BCUT2D eigenvalue weighted by atomic mass is 9.97. The Morgan fingerprint density at radius 1 is 1.53 bits per heavy atom. The largest absolute Gasteiger partial charge is 0.298 e. The van der Waals surface area contributed by atoms with Crippen molar-refractivity contribution in [1.82, 2.24) is 10.3 Å². The molecule has 1 N–H and O–H groups in total. The van der Waals surface area contributed by atoms with Crippen molar-refractivity contribution in [3.8, 4) is 12.3 Å². The standard InChI is InChI=1S/C13H18N2/c1-5-8-14-12(10(2)3)13-11(4)7-6-9-15-13/h1,6-7,9-10,12,14H,8H2,2-4H3/t12-/m1/s1. The van der Waals surface area contributed by atoms with Crippen LogP contribution in [0.1, 0.15) is 31.1 Å². The second-order valence-corrected chi connectivity index (χ2v) is 4.01. The smallest absolute Gasteiger partial charge is 0.0605 e. The predicted octanol–water partition coefficient (Wildman–Crippen LogP) is 2.31. The number of nitrogens with one attached hydrogen (secondary N) is 1. The lowest BCUT2D eigenvalue weighted by Crippen LogP contribution is -2.27. The van der Waals surface area contributed by atoms with Crippen molar-refractivity contribution in [3.63, 3.8) is 0 Å². The van der Waals surface area contributed by atoms with Crippen molar-refractivity contribution >= 4 is 0 Å². The fraction of sp³-hybridized carbons (Fsp3) is 0.462. The summed E-state index contributed by atoms with van der Waals surface area (Å²) in [6.07, 6.45) is 7.09. The van der Waals surface area contributed by atoms with Crippen molar-refractivity contribution < 1.29 is 0 Å². The maximum absolute atomic E-state index is 5.26. The van der Waals surface area contributed by atoms with E-state index in [0.717, 1.165) is 5.69 Å². The first-order valence-electron chi connectivity index (χ1n) is 5.25. The molecule has 1 atom stereocenters. The lowest BCUT2D eigenvalue weighted by molar-refractivity contribution is 0.420. The lowest BCUT2D eigenvalue weighted by Gasteiger charge is -2.22. The Morgan fingerprint density at radius 3 is 2.80 bits per heavy atom. The van der Waals surface area contributed by atoms with Crippen LogP contribution in [0, 0.1) is 25.2 Å². The molecule has 0 aliphatic carbocycles. The molecule has 0 saturated heterocycles. The third-order valence-corrected chi connectivity index (χ3v) is 2.44. The molecule has 2 heteroatoms. The van der Waals surface area contributed by atoms with Crippen molar-refractivity contribution in [2.45, 2.75) is 26.8 Å². The van der Waals surface area contributed by atoms with E-state index in [9.17, 15) is 0 Å². The van der Waals surface area contributed by atoms with Gasteiger partial charge in [0.15, 0.2) is 0 Å². The third kappa shape index (κ3) is 3.07. The number of terminal acetylenes is 1. The first-order chi connectivity index (χ1) is 7.16. The van der Waals surface area contributed by atoms with Gasteiger partial charge in [0.2, 0.25) is 0 Å². The summed E-state index contributed by atoms with van der Waals surface area (Å²) in [5.41, 5.74) is 2.31. The van der Waals surface area contributed by atoms with E-state index in [-0.39, 0.29) is 6.04 Å². The van der Waals surface area contributed by atoms with E-state index in [1.54, 1.807) is 0 Å². The van der Waals surface area contributed by atoms with Crippen LogP contribution in [-0.4, -0.2) is 11.5 Å². The van der Waals surface area contributed by atoms with E-state index >= 15 is 0 Å². The van der Waals surface area contributed by atoms with E-state index < -0.39 is 0 Å². The van der Waals surface area contributed by atoms with Crippen LogP contribution in [0.3, 0.4) is 0 Å². The van der Waals surface area contributed by atoms with Gasteiger partial charge in [-0.15, -0.1) is 6.42 Å². The van der Waals surface area contributed by atoms with E-state index in [1.165, 1.54) is 5.56 Å². The van der Waals surface area contributed by atoms with Gasteiger partial charge in [-0.2, -0.15) is 0 Å². The Kier molecular flexibility index (Phi) is 4.33. The van der Waals surface area contributed by atoms with Crippen molar-refractivity contribution in [3.05, 3.63) is 29.6 Å². The molecule has 1 heterocycles. The van der Waals surface area contributed by atoms with Gasteiger partial charge in [-0.25, -0.2) is 0 Å². The minimum absolute atomic E-state index is 0.238. The molecule has 1 aromatic heterocycles. The van der Waals surface area contributed by atoms with Crippen LogP contribution in [0.25, 0.3) is 0 Å². The summed E-state index contributed by atoms with van der Waals surface area (Å²) in [6, 6.07) is 4.27. The van der Waals surface area contributed by atoms with Gasteiger partial charge in [0.05, 0.1) is 18.3 Å². The maximum Gasteiger partial charge on any atom is 0.0605 e. The maximum atomic E-state index is 5.26. The number of pyridine rings is 1. The van der Waals surface area contributed by atoms with Gasteiger partial charge >= 0.3 is 0 Å². The van der Waals surface area contributed by atoms with Crippen LogP contribution < -0.4 is 5.32 Å². The Balaban J connectivity index is 2.90. The van der Waals surface area contributed by atoms with E-state index in [4.69, 9.17) is 6.42 Å². The summed E-state index contributed by atoms with van der Waals surface area (Å²) in [5, 5.41) is 3.33. The molecule has 0 bridgehead atoms. The van der Waals surface area contributed by atoms with Crippen LogP contribution >= 0.6 is 0 Å². The fourth-order valence-electron chi connectivity index (χ4n) is 1.64. The zero-order valence-electron chi connectivity index (χ0n) is 9.62. The average molecular weight is 202 g/mol. The van der Waals surface area contributed by atoms with Gasteiger partial charge in [0.25, 0.3) is 0 Å². The molecule has 0 aromatic carbocycles. The number of nitrogens with zero attached hydrogens (tertiary/aromatic N) is 1. The monoisotopic (exact) mass is 202 g/mol. The normalized spacial score (nSPS) is 12.5. The molecule has 15 heavy (non-hydrogen) atoms. The zero-order chi connectivity index (χ0) is 11.3. The molecular weight excluding hydrogens is 184 g/mol. The highest BCUT2D eigenvalue weighted by atomic mass is 14.9. The topological polar surface area (TPSA) is 24.9 Å². The Labute approximate surface area is 92.1 Å². The van der Waals surface area contributed by atoms with Crippen molar-refractivity contribution in [2.24, 2.45) is 5.92 Å². The summed E-state index contributed by atoms with van der Waals surface area (Å²) in [4.78, 5) is 4.42. The van der Waals surface area contributed by atoms with Crippen LogP contribution in [0.2, 0.25) is 0 Å². The van der Waals surface area contributed by atoms with Crippen molar-refractivity contribution in [1.29, 1.82) is 0 Å². The summed E-state index contributed by atoms with van der Waals surface area (Å²) >= 11 is 0. The first-order valence-corrected chi connectivity index (χ1v) is 5.25. The van der Waals surface area contributed by atoms with Gasteiger partial charge in [0, 0.05) is 6.20 Å². The number of hydrogen-bond acceptors (Lipinski definition) is 2. The molecule has 0 fully saturated rings. The summed E-state index contributed by atoms with van der Waals surface area (Å²) in [7, 11) is 0. The zero-order valence-corrected chi connectivity index (χ0v) is 9.62. The molecular formula is C13H18N2. The van der Waals surface area contributed by atoms with E-state index in [1.807, 2.05) is 12.3 Å². The minimum Gasteiger partial charge on any atom is -0.298 e. The molecule has 0 amide bonds. The van der Waals surface area contributed by atoms with Gasteiger partial charge in [-0.3, -0.25) is 10.3 Å². The number of rotatable bonds is 4. The Hall–Kier alpha value is -1.33. The molecule has 0 aliphatic rings. The number of hydrogen-bond donors (Lipinski definition) is 1. The van der Waals surface area contributed by atoms with Gasteiger partial charge in [-0.1, -0.05) is 25.8 Å². The SMILES string of the molecule is C#CCN[C@@H](c1ncccc1C)C(C)C. The molecule has 80 valence electrons. The summed E-state index contributed by atoms with van der Waals surface area (Å²) in [6.45, 7) is 7.00. The van der Waals surface area contributed by atoms with Gasteiger partial charge < -0.3 is 0 Å². The number of aromatic nitrogens is 1. The quantitative estimate of drug-likeness (QED) is 0.758. The van der Waals surface area contributed by atoms with Gasteiger partial charge in [-0.05, 0) is 24.5 Å². The Morgan fingerprint density at radius 2 is 2.27 bits per heavy atom. The van der Waals surface area contributed by atoms with Crippen LogP contribution in [-0.2, 0) is 0 Å². The highest BCUT2D eigenvalue weighted by Gasteiger charge is 2.17. The highest BCUT2D eigenvalue weighted by Crippen LogP contribution is 2.21. The van der Waals surface area contributed by atoms with Crippen LogP contribution in [0.5, 0.6) is 0 Å². The third-order valence-electron chi connectivity index (χ3n) is 2.44. The van der Waals surface area contributed by atoms with Crippen LogP contribution in [0.15, 0.2) is 18.3 Å². The molecule has 0 aliphatic heterocycles. The average Bonchev–Trinajstić information content (AvgIpc) is 2.20. The molecule has 0 saturated carbocycles. The highest BCUT2D eigenvalue weighted by molar-refractivity contribution is 5.21.